The number of hydrogen-bond acceptors (Lipinski definition) is 4. The maximum Gasteiger partial charge on any atom is 0.314 e. The van der Waals surface area contributed by atoms with Crippen LogP contribution in [0.5, 0.6) is 0 Å². The first-order chi connectivity index (χ1) is 7.06. The van der Waals surface area contributed by atoms with Crippen LogP contribution < -0.4 is 5.73 Å². The van der Waals surface area contributed by atoms with Gasteiger partial charge in [0.1, 0.15) is 5.41 Å². The zero-order valence-corrected chi connectivity index (χ0v) is 9.23. The van der Waals surface area contributed by atoms with Crippen molar-refractivity contribution in [1.29, 1.82) is 0 Å². The molecule has 0 aromatic heterocycles. The minimum Gasteiger partial charge on any atom is -0.481 e. The molecule has 0 heterocycles. The fraction of sp³-hybridized carbons (Fsp3) is 0.900. The quantitative estimate of drug-likeness (QED) is 0.636. The largest absolute Gasteiger partial charge is 0.481 e. The highest BCUT2D eigenvalue weighted by Crippen LogP contribution is 2.45. The van der Waals surface area contributed by atoms with Gasteiger partial charge in [0.15, 0.2) is 6.29 Å². The molecule has 0 amide bonds. The monoisotopic (exact) mass is 217 g/mol. The van der Waals surface area contributed by atoms with Gasteiger partial charge in [0.2, 0.25) is 0 Å². The molecule has 5 heteroatoms. The molecule has 1 aliphatic rings. The molecule has 0 unspecified atom stereocenters. The molecular formula is C10H19NO4. The number of rotatable bonds is 6. The van der Waals surface area contributed by atoms with Crippen molar-refractivity contribution in [3.63, 3.8) is 0 Å². The Hall–Kier alpha value is -0.650. The van der Waals surface area contributed by atoms with E-state index in [0.717, 1.165) is 0 Å². The minimum atomic E-state index is -0.939. The number of nitrogens with two attached hydrogens (primary N) is 1. The number of carbonyl (C=O) groups is 1. The molecular weight excluding hydrogens is 198 g/mol. The van der Waals surface area contributed by atoms with Gasteiger partial charge in [0, 0.05) is 19.3 Å². The average Bonchev–Trinajstić information content (AvgIpc) is 2.12. The van der Waals surface area contributed by atoms with Crippen molar-refractivity contribution in [2.45, 2.75) is 39.0 Å². The standard InChI is InChI=1S/C10H19NO4/c1-3-14-9(15-4-2)10(8(12)13)5-7(11)6-10/h7,9H,3-6,11H2,1-2H3,(H,12,13). The summed E-state index contributed by atoms with van der Waals surface area (Å²) < 4.78 is 10.7. The van der Waals surface area contributed by atoms with Crippen molar-refractivity contribution in [2.75, 3.05) is 13.2 Å². The maximum atomic E-state index is 11.2. The van der Waals surface area contributed by atoms with Crippen LogP contribution in [0.4, 0.5) is 0 Å². The van der Waals surface area contributed by atoms with E-state index >= 15 is 0 Å². The van der Waals surface area contributed by atoms with Crippen LogP contribution in [0.1, 0.15) is 26.7 Å². The second-order valence-corrected chi connectivity index (χ2v) is 3.87. The van der Waals surface area contributed by atoms with Gasteiger partial charge in [-0.1, -0.05) is 0 Å². The van der Waals surface area contributed by atoms with E-state index in [0.29, 0.717) is 26.1 Å². The van der Waals surface area contributed by atoms with Crippen molar-refractivity contribution >= 4 is 5.97 Å². The Bertz CT molecular complexity index is 219. The second kappa shape index (κ2) is 4.92. The van der Waals surface area contributed by atoms with Gasteiger partial charge in [-0.05, 0) is 26.7 Å². The van der Waals surface area contributed by atoms with Gasteiger partial charge < -0.3 is 20.3 Å². The molecule has 1 saturated carbocycles. The van der Waals surface area contributed by atoms with Crippen LogP contribution in [0.25, 0.3) is 0 Å². The fourth-order valence-electron chi connectivity index (χ4n) is 2.01. The van der Waals surface area contributed by atoms with E-state index in [1.807, 2.05) is 13.8 Å². The molecule has 1 rings (SSSR count). The van der Waals surface area contributed by atoms with Gasteiger partial charge >= 0.3 is 5.97 Å². The van der Waals surface area contributed by atoms with Crippen LogP contribution >= 0.6 is 0 Å². The van der Waals surface area contributed by atoms with Crippen LogP contribution in [0.2, 0.25) is 0 Å². The summed E-state index contributed by atoms with van der Waals surface area (Å²) >= 11 is 0. The molecule has 0 atom stereocenters. The van der Waals surface area contributed by atoms with Crippen molar-refractivity contribution in [3.8, 4) is 0 Å². The zero-order chi connectivity index (χ0) is 11.5. The molecule has 0 bridgehead atoms. The fourth-order valence-corrected chi connectivity index (χ4v) is 2.01. The van der Waals surface area contributed by atoms with E-state index in [2.05, 4.69) is 0 Å². The Morgan fingerprint density at radius 1 is 1.47 bits per heavy atom. The highest BCUT2D eigenvalue weighted by molar-refractivity contribution is 5.76. The molecule has 88 valence electrons. The van der Waals surface area contributed by atoms with E-state index in [1.54, 1.807) is 0 Å². The molecule has 5 nitrogen and oxygen atoms in total. The predicted molar refractivity (Wildman–Crippen MR) is 54.3 cm³/mol. The van der Waals surface area contributed by atoms with Crippen LogP contribution in [-0.4, -0.2) is 36.6 Å². The highest BCUT2D eigenvalue weighted by Gasteiger charge is 2.56. The number of carboxylic acids is 1. The summed E-state index contributed by atoms with van der Waals surface area (Å²) in [4.78, 5) is 11.2. The van der Waals surface area contributed by atoms with Crippen LogP contribution in [0, 0.1) is 5.41 Å². The van der Waals surface area contributed by atoms with Gasteiger partial charge in [-0.3, -0.25) is 4.79 Å². The topological polar surface area (TPSA) is 81.8 Å². The Labute approximate surface area is 89.5 Å². The Kier molecular flexibility index (Phi) is 4.07. The Morgan fingerprint density at radius 3 is 2.20 bits per heavy atom. The highest BCUT2D eigenvalue weighted by atomic mass is 16.7. The zero-order valence-electron chi connectivity index (χ0n) is 9.23. The number of aliphatic carboxylic acids is 1. The Balaban J connectivity index is 2.72. The lowest BCUT2D eigenvalue weighted by Gasteiger charge is -2.46. The van der Waals surface area contributed by atoms with E-state index in [-0.39, 0.29) is 6.04 Å². The third kappa shape index (κ3) is 2.30. The molecule has 15 heavy (non-hydrogen) atoms. The number of ether oxygens (including phenoxy) is 2. The summed E-state index contributed by atoms with van der Waals surface area (Å²) in [7, 11) is 0. The van der Waals surface area contributed by atoms with Gasteiger partial charge in [0.05, 0.1) is 0 Å². The van der Waals surface area contributed by atoms with Gasteiger partial charge in [-0.25, -0.2) is 0 Å². The van der Waals surface area contributed by atoms with E-state index < -0.39 is 17.7 Å². The number of hydrogen-bond donors (Lipinski definition) is 2. The van der Waals surface area contributed by atoms with E-state index in [1.165, 1.54) is 0 Å². The average molecular weight is 217 g/mol. The second-order valence-electron chi connectivity index (χ2n) is 3.87. The third-order valence-electron chi connectivity index (χ3n) is 2.77. The molecule has 0 aliphatic heterocycles. The van der Waals surface area contributed by atoms with Crippen molar-refractivity contribution in [3.05, 3.63) is 0 Å². The first kappa shape index (κ1) is 12.4. The lowest BCUT2D eigenvalue weighted by molar-refractivity contribution is -0.235. The summed E-state index contributed by atoms with van der Waals surface area (Å²) in [5.74, 6) is -0.879. The molecule has 1 fully saturated rings. The summed E-state index contributed by atoms with van der Waals surface area (Å²) in [6, 6.07) is -0.0514. The summed E-state index contributed by atoms with van der Waals surface area (Å²) in [5, 5.41) is 9.21. The van der Waals surface area contributed by atoms with Gasteiger partial charge in [0.25, 0.3) is 0 Å². The first-order valence-corrected chi connectivity index (χ1v) is 5.29. The minimum absolute atomic E-state index is 0.0514. The van der Waals surface area contributed by atoms with Crippen LogP contribution in [-0.2, 0) is 14.3 Å². The molecule has 3 N–H and O–H groups in total. The predicted octanol–water partition coefficient (Wildman–Crippen LogP) is 0.578. The van der Waals surface area contributed by atoms with Crippen LogP contribution in [0.15, 0.2) is 0 Å². The summed E-state index contributed by atoms with van der Waals surface area (Å²) in [5.41, 5.74) is 4.71. The van der Waals surface area contributed by atoms with Crippen molar-refractivity contribution in [2.24, 2.45) is 11.1 Å². The molecule has 0 spiro atoms. The summed E-state index contributed by atoms with van der Waals surface area (Å²) in [6.07, 6.45) is 0.171. The molecule has 1 aliphatic carbocycles. The molecule has 0 radical (unpaired) electrons. The number of carboxylic acid groups (broad SMARTS) is 1. The molecule has 0 saturated heterocycles. The van der Waals surface area contributed by atoms with Crippen LogP contribution in [0.3, 0.4) is 0 Å². The first-order valence-electron chi connectivity index (χ1n) is 5.29. The lowest BCUT2D eigenvalue weighted by Crippen LogP contribution is -2.58. The van der Waals surface area contributed by atoms with Crippen molar-refractivity contribution in [1.82, 2.24) is 0 Å². The van der Waals surface area contributed by atoms with Crippen molar-refractivity contribution < 1.29 is 19.4 Å². The summed E-state index contributed by atoms with van der Waals surface area (Å²) in [6.45, 7) is 4.52. The van der Waals surface area contributed by atoms with E-state index in [9.17, 15) is 9.90 Å². The van der Waals surface area contributed by atoms with Gasteiger partial charge in [-0.2, -0.15) is 0 Å². The SMILES string of the molecule is CCOC(OCC)C1(C(=O)O)CC(N)C1. The smallest absolute Gasteiger partial charge is 0.314 e. The van der Waals surface area contributed by atoms with Gasteiger partial charge in [-0.15, -0.1) is 0 Å². The normalized spacial score (nSPS) is 30.3. The molecule has 0 aromatic carbocycles. The third-order valence-corrected chi connectivity index (χ3v) is 2.77. The maximum absolute atomic E-state index is 11.2. The lowest BCUT2D eigenvalue weighted by atomic mass is 9.65. The van der Waals surface area contributed by atoms with E-state index in [4.69, 9.17) is 15.2 Å². The molecule has 0 aromatic rings. The Morgan fingerprint density at radius 2 is 1.93 bits per heavy atom.